The van der Waals surface area contributed by atoms with Gasteiger partial charge in [-0.05, 0) is 22.4 Å². The molecule has 3 aromatic rings. The summed E-state index contributed by atoms with van der Waals surface area (Å²) in [6, 6.07) is 18.2. The van der Waals surface area contributed by atoms with Gasteiger partial charge in [-0.25, -0.2) is 4.79 Å². The van der Waals surface area contributed by atoms with Gasteiger partial charge in [0.2, 0.25) is 0 Å². The standard InChI is InChI=1S/C17H12O3/c18-16-14(17(19)20)10-12-8-4-5-9-13(12)15(16)11-6-2-1-3-7-11/h1-10,18H,(H,19,20). The number of aromatic carboxylic acids is 1. The van der Waals surface area contributed by atoms with Crippen LogP contribution in [0, 0.1) is 0 Å². The van der Waals surface area contributed by atoms with Gasteiger partial charge < -0.3 is 10.2 Å². The molecular formula is C17H12O3. The van der Waals surface area contributed by atoms with Crippen LogP contribution in [0.15, 0.2) is 60.7 Å². The number of aromatic hydroxyl groups is 1. The molecule has 0 bridgehead atoms. The maximum absolute atomic E-state index is 11.3. The zero-order chi connectivity index (χ0) is 14.1. The number of phenols is 1. The van der Waals surface area contributed by atoms with Gasteiger partial charge >= 0.3 is 5.97 Å². The first-order chi connectivity index (χ1) is 9.68. The van der Waals surface area contributed by atoms with E-state index in [0.717, 1.165) is 16.3 Å². The van der Waals surface area contributed by atoms with Gasteiger partial charge in [0.05, 0.1) is 0 Å². The molecule has 3 nitrogen and oxygen atoms in total. The summed E-state index contributed by atoms with van der Waals surface area (Å²) in [5.41, 5.74) is 1.27. The van der Waals surface area contributed by atoms with Crippen LogP contribution in [0.2, 0.25) is 0 Å². The van der Waals surface area contributed by atoms with Gasteiger partial charge in [-0.2, -0.15) is 0 Å². The number of rotatable bonds is 2. The van der Waals surface area contributed by atoms with Crippen molar-refractivity contribution in [3.63, 3.8) is 0 Å². The lowest BCUT2D eigenvalue weighted by atomic mass is 9.94. The average molecular weight is 264 g/mol. The van der Waals surface area contributed by atoms with Crippen molar-refractivity contribution in [2.75, 3.05) is 0 Å². The molecule has 0 amide bonds. The monoisotopic (exact) mass is 264 g/mol. The zero-order valence-corrected chi connectivity index (χ0v) is 10.6. The molecule has 0 unspecified atom stereocenters. The highest BCUT2D eigenvalue weighted by Crippen LogP contribution is 2.39. The van der Waals surface area contributed by atoms with E-state index in [1.165, 1.54) is 6.07 Å². The Morgan fingerprint density at radius 2 is 1.55 bits per heavy atom. The molecule has 2 N–H and O–H groups in total. The van der Waals surface area contributed by atoms with Gasteiger partial charge in [-0.1, -0.05) is 54.6 Å². The smallest absolute Gasteiger partial charge is 0.339 e. The molecule has 0 aliphatic carbocycles. The largest absolute Gasteiger partial charge is 0.506 e. The lowest BCUT2D eigenvalue weighted by Gasteiger charge is -2.12. The Kier molecular flexibility index (Phi) is 2.88. The van der Waals surface area contributed by atoms with Crippen LogP contribution in [0.5, 0.6) is 5.75 Å². The second-order valence-corrected chi connectivity index (χ2v) is 4.54. The van der Waals surface area contributed by atoms with Gasteiger partial charge in [-0.3, -0.25) is 0 Å². The predicted molar refractivity (Wildman–Crippen MR) is 78.0 cm³/mol. The number of fused-ring (bicyclic) bond motifs is 1. The minimum Gasteiger partial charge on any atom is -0.506 e. The number of carbonyl (C=O) groups is 1. The number of hydrogen-bond acceptors (Lipinski definition) is 2. The van der Waals surface area contributed by atoms with Crippen LogP contribution < -0.4 is 0 Å². The Morgan fingerprint density at radius 1 is 0.900 bits per heavy atom. The molecule has 0 saturated carbocycles. The summed E-state index contributed by atoms with van der Waals surface area (Å²) in [6.45, 7) is 0. The third-order valence-electron chi connectivity index (χ3n) is 3.31. The van der Waals surface area contributed by atoms with Crippen molar-refractivity contribution in [2.45, 2.75) is 0 Å². The van der Waals surface area contributed by atoms with E-state index in [4.69, 9.17) is 0 Å². The van der Waals surface area contributed by atoms with E-state index in [2.05, 4.69) is 0 Å². The number of benzene rings is 3. The summed E-state index contributed by atoms with van der Waals surface area (Å²) >= 11 is 0. The molecule has 0 aliphatic rings. The maximum atomic E-state index is 11.3. The molecular weight excluding hydrogens is 252 g/mol. The maximum Gasteiger partial charge on any atom is 0.339 e. The molecule has 20 heavy (non-hydrogen) atoms. The highest BCUT2D eigenvalue weighted by molar-refractivity contribution is 6.06. The number of carboxylic acids is 1. The number of hydrogen-bond donors (Lipinski definition) is 2. The van der Waals surface area contributed by atoms with Crippen molar-refractivity contribution < 1.29 is 15.0 Å². The van der Waals surface area contributed by atoms with Crippen molar-refractivity contribution in [1.29, 1.82) is 0 Å². The first-order valence-electron chi connectivity index (χ1n) is 6.22. The molecule has 0 heterocycles. The lowest BCUT2D eigenvalue weighted by Crippen LogP contribution is -1.98. The summed E-state index contributed by atoms with van der Waals surface area (Å²) in [7, 11) is 0. The third-order valence-corrected chi connectivity index (χ3v) is 3.31. The van der Waals surface area contributed by atoms with E-state index >= 15 is 0 Å². The van der Waals surface area contributed by atoms with E-state index in [9.17, 15) is 15.0 Å². The van der Waals surface area contributed by atoms with Gasteiger partial charge in [-0.15, -0.1) is 0 Å². The summed E-state index contributed by atoms with van der Waals surface area (Å²) < 4.78 is 0. The SMILES string of the molecule is O=C(O)c1cc2ccccc2c(-c2ccccc2)c1O. The highest BCUT2D eigenvalue weighted by Gasteiger charge is 2.18. The van der Waals surface area contributed by atoms with Crippen molar-refractivity contribution in [3.05, 3.63) is 66.2 Å². The second kappa shape index (κ2) is 4.70. The summed E-state index contributed by atoms with van der Waals surface area (Å²) in [5, 5.41) is 21.2. The normalized spacial score (nSPS) is 10.6. The van der Waals surface area contributed by atoms with Crippen molar-refractivity contribution in [3.8, 4) is 16.9 Å². The van der Waals surface area contributed by atoms with E-state index in [1.807, 2.05) is 54.6 Å². The van der Waals surface area contributed by atoms with Gasteiger partial charge in [0.25, 0.3) is 0 Å². The predicted octanol–water partition coefficient (Wildman–Crippen LogP) is 3.91. The molecule has 98 valence electrons. The quantitative estimate of drug-likeness (QED) is 0.737. The van der Waals surface area contributed by atoms with Crippen LogP contribution in [-0.2, 0) is 0 Å². The van der Waals surface area contributed by atoms with Crippen LogP contribution in [0.4, 0.5) is 0 Å². The van der Waals surface area contributed by atoms with Gasteiger partial charge in [0, 0.05) is 5.56 Å². The highest BCUT2D eigenvalue weighted by atomic mass is 16.4. The summed E-state index contributed by atoms with van der Waals surface area (Å²) in [4.78, 5) is 11.3. The molecule has 3 rings (SSSR count). The molecule has 3 aromatic carbocycles. The van der Waals surface area contributed by atoms with E-state index in [0.29, 0.717) is 5.56 Å². The van der Waals surface area contributed by atoms with Crippen LogP contribution in [0.1, 0.15) is 10.4 Å². The van der Waals surface area contributed by atoms with E-state index in [1.54, 1.807) is 0 Å². The van der Waals surface area contributed by atoms with Crippen molar-refractivity contribution >= 4 is 16.7 Å². The number of carboxylic acid groups (broad SMARTS) is 1. The fourth-order valence-corrected chi connectivity index (χ4v) is 2.40. The first-order valence-corrected chi connectivity index (χ1v) is 6.22. The Labute approximate surface area is 115 Å². The molecule has 3 heteroatoms. The molecule has 0 aromatic heterocycles. The molecule has 0 radical (unpaired) electrons. The van der Waals surface area contributed by atoms with Gasteiger partial charge in [0.1, 0.15) is 11.3 Å². The van der Waals surface area contributed by atoms with Crippen molar-refractivity contribution in [2.24, 2.45) is 0 Å². The van der Waals surface area contributed by atoms with Crippen LogP contribution in [0.25, 0.3) is 21.9 Å². The molecule has 0 saturated heterocycles. The summed E-state index contributed by atoms with van der Waals surface area (Å²) in [5.74, 6) is -1.33. The topological polar surface area (TPSA) is 57.5 Å². The van der Waals surface area contributed by atoms with Gasteiger partial charge in [0.15, 0.2) is 0 Å². The van der Waals surface area contributed by atoms with Crippen LogP contribution in [0.3, 0.4) is 0 Å². The van der Waals surface area contributed by atoms with Crippen LogP contribution >= 0.6 is 0 Å². The van der Waals surface area contributed by atoms with E-state index < -0.39 is 5.97 Å². The molecule has 0 spiro atoms. The molecule has 0 aliphatic heterocycles. The fourth-order valence-electron chi connectivity index (χ4n) is 2.40. The molecule has 0 atom stereocenters. The first kappa shape index (κ1) is 12.2. The zero-order valence-electron chi connectivity index (χ0n) is 10.6. The Bertz CT molecular complexity index is 792. The Balaban J connectivity index is 2.45. The van der Waals surface area contributed by atoms with Crippen LogP contribution in [-0.4, -0.2) is 16.2 Å². The Hall–Kier alpha value is -2.81. The Morgan fingerprint density at radius 3 is 2.25 bits per heavy atom. The average Bonchev–Trinajstić information content (AvgIpc) is 2.47. The molecule has 0 fully saturated rings. The minimum atomic E-state index is -1.13. The minimum absolute atomic E-state index is 0.0810. The lowest BCUT2D eigenvalue weighted by molar-refractivity contribution is 0.0694. The third kappa shape index (κ3) is 1.89. The van der Waals surface area contributed by atoms with Crippen molar-refractivity contribution in [1.82, 2.24) is 0 Å². The summed E-state index contributed by atoms with van der Waals surface area (Å²) in [6.07, 6.45) is 0. The second-order valence-electron chi connectivity index (χ2n) is 4.54. The fraction of sp³-hybridized carbons (Fsp3) is 0. The van der Waals surface area contributed by atoms with E-state index in [-0.39, 0.29) is 11.3 Å².